The van der Waals surface area contributed by atoms with E-state index in [1.807, 2.05) is 37.3 Å². The van der Waals surface area contributed by atoms with Crippen molar-refractivity contribution in [2.45, 2.75) is 44.1 Å². The van der Waals surface area contributed by atoms with Crippen LogP contribution in [-0.4, -0.2) is 25.6 Å². The van der Waals surface area contributed by atoms with Crippen LogP contribution in [0.3, 0.4) is 0 Å². The lowest BCUT2D eigenvalue weighted by molar-refractivity contribution is 0.432. The van der Waals surface area contributed by atoms with E-state index >= 15 is 0 Å². The highest BCUT2D eigenvalue weighted by molar-refractivity contribution is 7.89. The van der Waals surface area contributed by atoms with E-state index in [0.29, 0.717) is 5.88 Å². The topological polar surface area (TPSA) is 46.2 Å². The lowest BCUT2D eigenvalue weighted by Gasteiger charge is -2.28. The summed E-state index contributed by atoms with van der Waals surface area (Å²) in [5.74, 6) is 0.434. The van der Waals surface area contributed by atoms with Crippen molar-refractivity contribution in [3.63, 3.8) is 0 Å². The lowest BCUT2D eigenvalue weighted by Crippen LogP contribution is -2.49. The molecule has 1 fully saturated rings. The van der Waals surface area contributed by atoms with Gasteiger partial charge in [0.05, 0.1) is 5.75 Å². The standard InChI is InChI=1S/C15H22ClNO2S/c1-13(14-7-3-2-4-8-14)11-20(18,19)17-15(12-16)9-5-6-10-15/h2-4,7-8,13,17H,5-6,9-12H2,1H3. The first kappa shape index (κ1) is 15.8. The van der Waals surface area contributed by atoms with Crippen LogP contribution < -0.4 is 4.72 Å². The molecule has 1 aliphatic carbocycles. The molecule has 3 nitrogen and oxygen atoms in total. The van der Waals surface area contributed by atoms with Gasteiger partial charge in [0, 0.05) is 11.4 Å². The van der Waals surface area contributed by atoms with Crippen LogP contribution in [0.4, 0.5) is 0 Å². The molecule has 0 heterocycles. The molecule has 1 N–H and O–H groups in total. The summed E-state index contributed by atoms with van der Waals surface area (Å²) < 4.78 is 27.6. The van der Waals surface area contributed by atoms with E-state index in [9.17, 15) is 8.42 Å². The van der Waals surface area contributed by atoms with Gasteiger partial charge in [-0.1, -0.05) is 50.1 Å². The van der Waals surface area contributed by atoms with Crippen molar-refractivity contribution in [2.24, 2.45) is 0 Å². The summed E-state index contributed by atoms with van der Waals surface area (Å²) in [4.78, 5) is 0. The molecule has 112 valence electrons. The lowest BCUT2D eigenvalue weighted by atomic mass is 10.0. The number of alkyl halides is 1. The second kappa shape index (κ2) is 6.46. The monoisotopic (exact) mass is 315 g/mol. The Labute approximate surface area is 126 Å². The highest BCUT2D eigenvalue weighted by Crippen LogP contribution is 2.32. The highest BCUT2D eigenvalue weighted by Gasteiger charge is 2.37. The Balaban J connectivity index is 2.04. The molecule has 1 saturated carbocycles. The average molecular weight is 316 g/mol. The van der Waals surface area contributed by atoms with Crippen LogP contribution >= 0.6 is 11.6 Å². The molecule has 2 rings (SSSR count). The third-order valence-electron chi connectivity index (χ3n) is 4.03. The quantitative estimate of drug-likeness (QED) is 0.819. The molecule has 0 aromatic heterocycles. The number of hydrogen-bond donors (Lipinski definition) is 1. The second-order valence-electron chi connectivity index (χ2n) is 5.82. The van der Waals surface area contributed by atoms with E-state index in [1.54, 1.807) is 0 Å². The van der Waals surface area contributed by atoms with Gasteiger partial charge in [-0.05, 0) is 24.3 Å². The maximum Gasteiger partial charge on any atom is 0.212 e. The fourth-order valence-electron chi connectivity index (χ4n) is 2.89. The zero-order chi connectivity index (χ0) is 14.6. The molecular formula is C15H22ClNO2S. The van der Waals surface area contributed by atoms with Crippen molar-refractivity contribution in [3.8, 4) is 0 Å². The first-order valence-electron chi connectivity index (χ1n) is 7.09. The number of halogens is 1. The Hall–Kier alpha value is -0.580. The molecule has 1 atom stereocenters. The fraction of sp³-hybridized carbons (Fsp3) is 0.600. The number of hydrogen-bond acceptors (Lipinski definition) is 2. The second-order valence-corrected chi connectivity index (χ2v) is 7.85. The Kier molecular flexibility index (Phi) is 5.10. The molecule has 20 heavy (non-hydrogen) atoms. The van der Waals surface area contributed by atoms with Crippen LogP contribution in [0, 0.1) is 0 Å². The number of benzene rings is 1. The maximum atomic E-state index is 12.4. The van der Waals surface area contributed by atoms with Gasteiger partial charge in [0.15, 0.2) is 0 Å². The molecule has 0 saturated heterocycles. The van der Waals surface area contributed by atoms with Gasteiger partial charge in [-0.25, -0.2) is 13.1 Å². The van der Waals surface area contributed by atoms with Crippen molar-refractivity contribution in [3.05, 3.63) is 35.9 Å². The summed E-state index contributed by atoms with van der Waals surface area (Å²) in [6.07, 6.45) is 3.78. The maximum absolute atomic E-state index is 12.4. The summed E-state index contributed by atoms with van der Waals surface area (Å²) in [6, 6.07) is 9.73. The molecule has 0 amide bonds. The molecular weight excluding hydrogens is 294 g/mol. The smallest absolute Gasteiger partial charge is 0.212 e. The average Bonchev–Trinajstić information content (AvgIpc) is 2.87. The minimum absolute atomic E-state index is 0.0255. The molecule has 0 spiro atoms. The largest absolute Gasteiger partial charge is 0.212 e. The Morgan fingerprint density at radius 2 is 1.85 bits per heavy atom. The van der Waals surface area contributed by atoms with Crippen molar-refractivity contribution in [1.29, 1.82) is 0 Å². The van der Waals surface area contributed by atoms with Gasteiger partial charge in [0.2, 0.25) is 10.0 Å². The van der Waals surface area contributed by atoms with Crippen LogP contribution in [0.15, 0.2) is 30.3 Å². The van der Waals surface area contributed by atoms with Crippen LogP contribution in [-0.2, 0) is 10.0 Å². The Morgan fingerprint density at radius 1 is 1.25 bits per heavy atom. The van der Waals surface area contributed by atoms with Gasteiger partial charge in [0.25, 0.3) is 0 Å². The van der Waals surface area contributed by atoms with Crippen molar-refractivity contribution >= 4 is 21.6 Å². The number of rotatable bonds is 6. The third kappa shape index (κ3) is 3.96. The van der Waals surface area contributed by atoms with Gasteiger partial charge in [-0.15, -0.1) is 11.6 Å². The molecule has 1 unspecified atom stereocenters. The van der Waals surface area contributed by atoms with E-state index < -0.39 is 15.6 Å². The molecule has 1 aliphatic rings. The number of nitrogens with one attached hydrogen (secondary N) is 1. The van der Waals surface area contributed by atoms with Gasteiger partial charge in [-0.2, -0.15) is 0 Å². The molecule has 0 bridgehead atoms. The van der Waals surface area contributed by atoms with Crippen LogP contribution in [0.1, 0.15) is 44.1 Å². The predicted molar refractivity (Wildman–Crippen MR) is 83.7 cm³/mol. The zero-order valence-corrected chi connectivity index (χ0v) is 13.4. The van der Waals surface area contributed by atoms with Crippen molar-refractivity contribution in [2.75, 3.05) is 11.6 Å². The van der Waals surface area contributed by atoms with E-state index in [-0.39, 0.29) is 11.7 Å². The fourth-order valence-corrected chi connectivity index (χ4v) is 5.18. The number of sulfonamides is 1. The normalized spacial score (nSPS) is 19.9. The Morgan fingerprint density at radius 3 is 2.40 bits per heavy atom. The predicted octanol–water partition coefficient (Wildman–Crippen LogP) is 3.26. The van der Waals surface area contributed by atoms with E-state index in [0.717, 1.165) is 31.2 Å². The highest BCUT2D eigenvalue weighted by atomic mass is 35.5. The van der Waals surface area contributed by atoms with Crippen LogP contribution in [0.2, 0.25) is 0 Å². The summed E-state index contributed by atoms with van der Waals surface area (Å²) in [7, 11) is -3.32. The first-order valence-corrected chi connectivity index (χ1v) is 9.28. The SMILES string of the molecule is CC(CS(=O)(=O)NC1(CCl)CCCC1)c1ccccc1. The zero-order valence-electron chi connectivity index (χ0n) is 11.8. The third-order valence-corrected chi connectivity index (χ3v) is 6.22. The van der Waals surface area contributed by atoms with E-state index in [1.165, 1.54) is 0 Å². The molecule has 0 aliphatic heterocycles. The Bertz CT molecular complexity index is 524. The van der Waals surface area contributed by atoms with Crippen LogP contribution in [0.5, 0.6) is 0 Å². The summed E-state index contributed by atoms with van der Waals surface area (Å²) >= 11 is 6.00. The summed E-state index contributed by atoms with van der Waals surface area (Å²) in [5, 5.41) is 0. The van der Waals surface area contributed by atoms with E-state index in [2.05, 4.69) is 4.72 Å². The minimum atomic E-state index is -3.32. The molecule has 1 aromatic carbocycles. The van der Waals surface area contributed by atoms with Crippen molar-refractivity contribution < 1.29 is 8.42 Å². The summed E-state index contributed by atoms with van der Waals surface area (Å²) in [5.41, 5.74) is 0.626. The molecule has 0 radical (unpaired) electrons. The van der Waals surface area contributed by atoms with Gasteiger partial charge in [0.1, 0.15) is 0 Å². The van der Waals surface area contributed by atoms with Gasteiger partial charge in [-0.3, -0.25) is 0 Å². The molecule has 5 heteroatoms. The van der Waals surface area contributed by atoms with Gasteiger partial charge >= 0.3 is 0 Å². The van der Waals surface area contributed by atoms with Crippen LogP contribution in [0.25, 0.3) is 0 Å². The summed E-state index contributed by atoms with van der Waals surface area (Å²) in [6.45, 7) is 1.94. The van der Waals surface area contributed by atoms with Crippen molar-refractivity contribution in [1.82, 2.24) is 4.72 Å². The molecule has 1 aromatic rings. The van der Waals surface area contributed by atoms with Gasteiger partial charge < -0.3 is 0 Å². The minimum Gasteiger partial charge on any atom is -0.212 e. The first-order chi connectivity index (χ1) is 9.46. The van der Waals surface area contributed by atoms with E-state index in [4.69, 9.17) is 11.6 Å².